The fraction of sp³-hybridized carbons (Fsp3) is 0.200. The first-order valence-corrected chi connectivity index (χ1v) is 6.58. The lowest BCUT2D eigenvalue weighted by atomic mass is 10.0. The summed E-state index contributed by atoms with van der Waals surface area (Å²) in [6, 6.07) is 10.4. The number of nitro groups is 2. The summed E-state index contributed by atoms with van der Waals surface area (Å²) in [7, 11) is 0. The van der Waals surface area contributed by atoms with Crippen LogP contribution in [-0.4, -0.2) is 9.85 Å². The highest BCUT2D eigenvalue weighted by Crippen LogP contribution is 2.31. The Morgan fingerprint density at radius 3 is 1.77 bits per heavy atom. The minimum Gasteiger partial charge on any atom is -0.457 e. The molecule has 0 saturated carbocycles. The van der Waals surface area contributed by atoms with Gasteiger partial charge in [0.25, 0.3) is 11.4 Å². The molecule has 114 valence electrons. The Kier molecular flexibility index (Phi) is 4.36. The number of rotatable bonds is 5. The predicted molar refractivity (Wildman–Crippen MR) is 80.4 cm³/mol. The van der Waals surface area contributed by atoms with Crippen molar-refractivity contribution in [2.24, 2.45) is 0 Å². The predicted octanol–water partition coefficient (Wildman–Crippen LogP) is 4.42. The van der Waals surface area contributed by atoms with E-state index in [9.17, 15) is 20.2 Å². The number of non-ortho nitro benzene ring substituents is 2. The maximum atomic E-state index is 10.8. The first-order valence-electron chi connectivity index (χ1n) is 6.58. The van der Waals surface area contributed by atoms with E-state index >= 15 is 0 Å². The zero-order valence-corrected chi connectivity index (χ0v) is 12.1. The normalized spacial score (nSPS) is 10.5. The van der Waals surface area contributed by atoms with Crippen molar-refractivity contribution in [2.75, 3.05) is 0 Å². The molecule has 0 amide bonds. The molecule has 2 aromatic carbocycles. The van der Waals surface area contributed by atoms with Crippen molar-refractivity contribution in [2.45, 2.75) is 19.8 Å². The van der Waals surface area contributed by atoms with Gasteiger partial charge in [0.1, 0.15) is 11.5 Å². The molecule has 0 aliphatic rings. The van der Waals surface area contributed by atoms with Crippen LogP contribution in [-0.2, 0) is 0 Å². The topological polar surface area (TPSA) is 95.5 Å². The molecule has 2 aromatic rings. The van der Waals surface area contributed by atoms with Gasteiger partial charge in [0.05, 0.1) is 28.0 Å². The lowest BCUT2D eigenvalue weighted by molar-refractivity contribution is -0.394. The van der Waals surface area contributed by atoms with Crippen LogP contribution in [0.2, 0.25) is 0 Å². The van der Waals surface area contributed by atoms with Crippen LogP contribution in [0, 0.1) is 20.2 Å². The molecule has 0 heterocycles. The molecule has 0 unspecified atom stereocenters. The van der Waals surface area contributed by atoms with Crippen molar-refractivity contribution in [1.29, 1.82) is 0 Å². The number of nitrogens with zero attached hydrogens (tertiary/aromatic N) is 2. The second-order valence-corrected chi connectivity index (χ2v) is 5.03. The number of hydrogen-bond acceptors (Lipinski definition) is 5. The van der Waals surface area contributed by atoms with Crippen molar-refractivity contribution >= 4 is 11.4 Å². The van der Waals surface area contributed by atoms with Crippen LogP contribution in [0.3, 0.4) is 0 Å². The Balaban J connectivity index is 2.32. The molecule has 7 nitrogen and oxygen atoms in total. The summed E-state index contributed by atoms with van der Waals surface area (Å²) >= 11 is 0. The largest absolute Gasteiger partial charge is 0.457 e. The summed E-state index contributed by atoms with van der Waals surface area (Å²) in [6.07, 6.45) is 0. The lowest BCUT2D eigenvalue weighted by Crippen LogP contribution is -1.94. The van der Waals surface area contributed by atoms with E-state index < -0.39 is 9.85 Å². The SMILES string of the molecule is CC(C)c1ccc(Oc2cc([N+](=O)[O-])cc([N+](=O)[O-])c2)cc1. The maximum Gasteiger partial charge on any atom is 0.280 e. The van der Waals surface area contributed by atoms with Crippen molar-refractivity contribution in [3.05, 3.63) is 68.3 Å². The van der Waals surface area contributed by atoms with Gasteiger partial charge in [-0.15, -0.1) is 0 Å². The molecule has 0 saturated heterocycles. The van der Waals surface area contributed by atoms with E-state index in [1.165, 1.54) is 0 Å². The van der Waals surface area contributed by atoms with Crippen molar-refractivity contribution in [3.8, 4) is 11.5 Å². The van der Waals surface area contributed by atoms with Gasteiger partial charge in [0.15, 0.2) is 0 Å². The lowest BCUT2D eigenvalue weighted by Gasteiger charge is -2.08. The molecule has 0 fully saturated rings. The summed E-state index contributed by atoms with van der Waals surface area (Å²) in [4.78, 5) is 20.3. The van der Waals surface area contributed by atoms with E-state index in [1.807, 2.05) is 12.1 Å². The molecule has 0 aliphatic heterocycles. The summed E-state index contributed by atoms with van der Waals surface area (Å²) in [5.41, 5.74) is 0.350. The molecular weight excluding hydrogens is 288 g/mol. The molecule has 7 heteroatoms. The Bertz CT molecular complexity index is 678. The van der Waals surface area contributed by atoms with Crippen LogP contribution < -0.4 is 4.74 Å². The zero-order chi connectivity index (χ0) is 16.3. The Labute approximate surface area is 126 Å². The highest BCUT2D eigenvalue weighted by Gasteiger charge is 2.17. The molecule has 0 aromatic heterocycles. The van der Waals surface area contributed by atoms with Crippen LogP contribution in [0.1, 0.15) is 25.3 Å². The van der Waals surface area contributed by atoms with E-state index in [-0.39, 0.29) is 17.1 Å². The van der Waals surface area contributed by atoms with Gasteiger partial charge in [0.2, 0.25) is 0 Å². The summed E-state index contributed by atoms with van der Waals surface area (Å²) < 4.78 is 5.49. The van der Waals surface area contributed by atoms with E-state index in [0.717, 1.165) is 23.8 Å². The third-order valence-electron chi connectivity index (χ3n) is 3.08. The van der Waals surface area contributed by atoms with E-state index in [2.05, 4.69) is 13.8 Å². The summed E-state index contributed by atoms with van der Waals surface area (Å²) in [5, 5.41) is 21.7. The van der Waals surface area contributed by atoms with Gasteiger partial charge in [-0.3, -0.25) is 20.2 Å². The number of ether oxygens (including phenoxy) is 1. The van der Waals surface area contributed by atoms with Gasteiger partial charge in [-0.05, 0) is 23.6 Å². The van der Waals surface area contributed by atoms with Gasteiger partial charge in [-0.25, -0.2) is 0 Å². The first-order chi connectivity index (χ1) is 10.4. The minimum atomic E-state index is -0.693. The van der Waals surface area contributed by atoms with Crippen LogP contribution >= 0.6 is 0 Å². The summed E-state index contributed by atoms with van der Waals surface area (Å²) in [6.45, 7) is 4.11. The number of benzene rings is 2. The van der Waals surface area contributed by atoms with Gasteiger partial charge in [-0.1, -0.05) is 26.0 Å². The Morgan fingerprint density at radius 2 is 1.36 bits per heavy atom. The zero-order valence-electron chi connectivity index (χ0n) is 12.1. The molecule has 22 heavy (non-hydrogen) atoms. The van der Waals surface area contributed by atoms with E-state index in [4.69, 9.17) is 4.74 Å². The molecule has 0 bridgehead atoms. The average Bonchev–Trinajstić information content (AvgIpc) is 2.47. The van der Waals surface area contributed by atoms with Crippen LogP contribution in [0.5, 0.6) is 11.5 Å². The molecule has 2 rings (SSSR count). The van der Waals surface area contributed by atoms with Crippen LogP contribution in [0.4, 0.5) is 11.4 Å². The van der Waals surface area contributed by atoms with Crippen molar-refractivity contribution in [3.63, 3.8) is 0 Å². The van der Waals surface area contributed by atoms with Crippen LogP contribution in [0.15, 0.2) is 42.5 Å². The third kappa shape index (κ3) is 3.57. The second-order valence-electron chi connectivity index (χ2n) is 5.03. The number of nitro benzene ring substituents is 2. The van der Waals surface area contributed by atoms with Crippen molar-refractivity contribution in [1.82, 2.24) is 0 Å². The quantitative estimate of drug-likeness (QED) is 0.601. The van der Waals surface area contributed by atoms with Crippen LogP contribution in [0.25, 0.3) is 0 Å². The Morgan fingerprint density at radius 1 is 0.864 bits per heavy atom. The van der Waals surface area contributed by atoms with E-state index in [0.29, 0.717) is 11.7 Å². The van der Waals surface area contributed by atoms with Gasteiger partial charge in [-0.2, -0.15) is 0 Å². The average molecular weight is 302 g/mol. The fourth-order valence-electron chi connectivity index (χ4n) is 1.89. The van der Waals surface area contributed by atoms with Crippen molar-refractivity contribution < 1.29 is 14.6 Å². The van der Waals surface area contributed by atoms with Gasteiger partial charge < -0.3 is 4.74 Å². The highest BCUT2D eigenvalue weighted by atomic mass is 16.6. The standard InChI is InChI=1S/C15H14N2O5/c1-10(2)11-3-5-14(6-4-11)22-15-8-12(16(18)19)7-13(9-15)17(20)21/h3-10H,1-2H3. The molecule has 0 aliphatic carbocycles. The molecular formula is C15H14N2O5. The third-order valence-corrected chi connectivity index (χ3v) is 3.08. The maximum absolute atomic E-state index is 10.8. The highest BCUT2D eigenvalue weighted by molar-refractivity contribution is 5.50. The Hall–Kier alpha value is -2.96. The van der Waals surface area contributed by atoms with Gasteiger partial charge >= 0.3 is 0 Å². The fourth-order valence-corrected chi connectivity index (χ4v) is 1.89. The molecule has 0 N–H and O–H groups in total. The minimum absolute atomic E-state index is 0.0539. The first kappa shape index (κ1) is 15.4. The molecule has 0 radical (unpaired) electrons. The monoisotopic (exact) mass is 302 g/mol. The molecule has 0 spiro atoms. The summed E-state index contributed by atoms with van der Waals surface area (Å²) in [5.74, 6) is 0.880. The van der Waals surface area contributed by atoms with Gasteiger partial charge in [0, 0.05) is 0 Å². The van der Waals surface area contributed by atoms with E-state index in [1.54, 1.807) is 12.1 Å². The molecule has 0 atom stereocenters. The number of hydrogen-bond donors (Lipinski definition) is 0. The second kappa shape index (κ2) is 6.21. The smallest absolute Gasteiger partial charge is 0.280 e.